The molecule has 1 aliphatic carbocycles. The van der Waals surface area contributed by atoms with Crippen LogP contribution in [0.1, 0.15) is 56.9 Å². The molecule has 2 heterocycles. The van der Waals surface area contributed by atoms with E-state index in [0.717, 1.165) is 31.5 Å². The van der Waals surface area contributed by atoms with Crippen LogP contribution in [0, 0.1) is 5.92 Å². The minimum atomic E-state index is -0.175. The summed E-state index contributed by atoms with van der Waals surface area (Å²) in [7, 11) is 1.86. The Hall–Kier alpha value is -2.04. The maximum absolute atomic E-state index is 12.9. The van der Waals surface area contributed by atoms with Crippen molar-refractivity contribution in [2.75, 3.05) is 31.6 Å². The average Bonchev–Trinajstić information content (AvgIpc) is 3.38. The van der Waals surface area contributed by atoms with Gasteiger partial charge >= 0.3 is 0 Å². The molecule has 3 aliphatic rings. The molecule has 2 aliphatic heterocycles. The second-order valence-corrected chi connectivity index (χ2v) is 8.79. The topological polar surface area (TPSA) is 43.9 Å². The first kappa shape index (κ1) is 19.3. The molecule has 152 valence electrons. The highest BCUT2D eigenvalue weighted by Crippen LogP contribution is 2.30. The summed E-state index contributed by atoms with van der Waals surface area (Å²) in [6.45, 7) is 3.50. The number of carbonyl (C=O) groups is 2. The van der Waals surface area contributed by atoms with Gasteiger partial charge in [-0.15, -0.1) is 0 Å². The summed E-state index contributed by atoms with van der Waals surface area (Å²) in [5, 5.41) is 0. The fraction of sp³-hybridized carbons (Fsp3) is 0.652. The van der Waals surface area contributed by atoms with E-state index in [-0.39, 0.29) is 17.7 Å². The first-order valence-electron chi connectivity index (χ1n) is 11.0. The fourth-order valence-corrected chi connectivity index (χ4v) is 5.09. The van der Waals surface area contributed by atoms with Crippen LogP contribution < -0.4 is 4.90 Å². The third kappa shape index (κ3) is 4.18. The van der Waals surface area contributed by atoms with E-state index in [1.165, 1.54) is 37.8 Å². The van der Waals surface area contributed by atoms with E-state index in [0.29, 0.717) is 25.6 Å². The van der Waals surface area contributed by atoms with E-state index in [1.54, 1.807) is 4.90 Å². The lowest BCUT2D eigenvalue weighted by Gasteiger charge is -2.29. The van der Waals surface area contributed by atoms with Gasteiger partial charge in [-0.25, -0.2) is 0 Å². The highest BCUT2D eigenvalue weighted by molar-refractivity contribution is 5.89. The van der Waals surface area contributed by atoms with Gasteiger partial charge in [-0.05, 0) is 49.8 Å². The molecule has 3 fully saturated rings. The predicted octanol–water partition coefficient (Wildman–Crippen LogP) is 3.43. The molecular formula is C23H33N3O2. The summed E-state index contributed by atoms with van der Waals surface area (Å²) >= 11 is 0. The highest BCUT2D eigenvalue weighted by atomic mass is 16.2. The van der Waals surface area contributed by atoms with Crippen LogP contribution in [0.25, 0.3) is 0 Å². The third-order valence-corrected chi connectivity index (χ3v) is 6.73. The number of piperidine rings is 1. The number of hydrogen-bond acceptors (Lipinski definition) is 3. The number of anilines is 1. The molecule has 1 saturated carbocycles. The average molecular weight is 384 g/mol. The zero-order valence-corrected chi connectivity index (χ0v) is 17.1. The summed E-state index contributed by atoms with van der Waals surface area (Å²) < 4.78 is 0. The summed E-state index contributed by atoms with van der Waals surface area (Å²) in [5.41, 5.74) is 2.43. The van der Waals surface area contributed by atoms with Gasteiger partial charge in [-0.2, -0.15) is 0 Å². The smallest absolute Gasteiger partial charge is 0.228 e. The van der Waals surface area contributed by atoms with Crippen LogP contribution in [0.4, 0.5) is 5.69 Å². The molecule has 4 rings (SSSR count). The molecule has 0 aromatic heterocycles. The molecule has 1 atom stereocenters. The Morgan fingerprint density at radius 2 is 1.71 bits per heavy atom. The molecule has 1 aromatic carbocycles. The number of hydrogen-bond donors (Lipinski definition) is 0. The molecular weight excluding hydrogens is 350 g/mol. The largest absolute Gasteiger partial charge is 0.372 e. The molecule has 28 heavy (non-hydrogen) atoms. The lowest BCUT2D eigenvalue weighted by Crippen LogP contribution is -2.37. The van der Waals surface area contributed by atoms with Crippen molar-refractivity contribution in [2.45, 2.75) is 64.0 Å². The number of carbonyl (C=O) groups excluding carboxylic acids is 2. The summed E-state index contributed by atoms with van der Waals surface area (Å²) in [4.78, 5) is 31.5. The van der Waals surface area contributed by atoms with Crippen molar-refractivity contribution in [3.8, 4) is 0 Å². The van der Waals surface area contributed by atoms with E-state index >= 15 is 0 Å². The van der Waals surface area contributed by atoms with Crippen molar-refractivity contribution in [3.63, 3.8) is 0 Å². The Morgan fingerprint density at radius 3 is 2.39 bits per heavy atom. The molecule has 0 bridgehead atoms. The summed E-state index contributed by atoms with van der Waals surface area (Å²) in [6, 6.07) is 9.01. The maximum atomic E-state index is 12.9. The molecule has 0 spiro atoms. The maximum Gasteiger partial charge on any atom is 0.228 e. The van der Waals surface area contributed by atoms with Gasteiger partial charge in [0.15, 0.2) is 0 Å². The normalized spacial score (nSPS) is 23.5. The zero-order chi connectivity index (χ0) is 19.5. The Bertz CT molecular complexity index is 690. The minimum absolute atomic E-state index is 0.106. The highest BCUT2D eigenvalue weighted by Gasteiger charge is 2.39. The van der Waals surface area contributed by atoms with Crippen molar-refractivity contribution in [1.29, 1.82) is 0 Å². The Balaban J connectivity index is 1.32. The van der Waals surface area contributed by atoms with E-state index in [9.17, 15) is 9.59 Å². The van der Waals surface area contributed by atoms with E-state index in [4.69, 9.17) is 0 Å². The van der Waals surface area contributed by atoms with Gasteiger partial charge < -0.3 is 14.7 Å². The van der Waals surface area contributed by atoms with Crippen LogP contribution >= 0.6 is 0 Å². The van der Waals surface area contributed by atoms with Gasteiger partial charge in [-0.3, -0.25) is 9.59 Å². The zero-order valence-electron chi connectivity index (χ0n) is 17.1. The lowest BCUT2D eigenvalue weighted by atomic mass is 10.1. The van der Waals surface area contributed by atoms with Crippen molar-refractivity contribution in [1.82, 2.24) is 9.80 Å². The van der Waals surface area contributed by atoms with E-state index in [2.05, 4.69) is 29.2 Å². The summed E-state index contributed by atoms with van der Waals surface area (Å²) in [5.74, 6) is 0.101. The van der Waals surface area contributed by atoms with Crippen molar-refractivity contribution in [3.05, 3.63) is 29.8 Å². The molecule has 0 unspecified atom stereocenters. The van der Waals surface area contributed by atoms with Gasteiger partial charge in [0.05, 0.1) is 5.92 Å². The quantitative estimate of drug-likeness (QED) is 0.782. The lowest BCUT2D eigenvalue weighted by molar-refractivity contribution is -0.135. The number of nitrogens with zero attached hydrogens (tertiary/aromatic N) is 3. The molecule has 0 N–H and O–H groups in total. The number of likely N-dealkylation sites (tertiary alicyclic amines) is 1. The molecule has 0 radical (unpaired) electrons. The van der Waals surface area contributed by atoms with Crippen LogP contribution in [-0.4, -0.2) is 54.3 Å². The number of benzene rings is 1. The third-order valence-electron chi connectivity index (χ3n) is 6.73. The van der Waals surface area contributed by atoms with Crippen LogP contribution in [0.2, 0.25) is 0 Å². The molecule has 5 nitrogen and oxygen atoms in total. The van der Waals surface area contributed by atoms with Crippen molar-refractivity contribution in [2.24, 2.45) is 5.92 Å². The van der Waals surface area contributed by atoms with Gasteiger partial charge in [0.25, 0.3) is 0 Å². The Kier molecular flexibility index (Phi) is 5.88. The Morgan fingerprint density at radius 1 is 1.04 bits per heavy atom. The van der Waals surface area contributed by atoms with Gasteiger partial charge in [-0.1, -0.05) is 25.0 Å². The van der Waals surface area contributed by atoms with Crippen molar-refractivity contribution < 1.29 is 9.59 Å². The van der Waals surface area contributed by atoms with Gasteiger partial charge in [0, 0.05) is 51.4 Å². The van der Waals surface area contributed by atoms with E-state index < -0.39 is 0 Å². The van der Waals surface area contributed by atoms with E-state index in [1.807, 2.05) is 11.9 Å². The SMILES string of the molecule is CN(Cc1ccc(N2CCCCC2)cc1)C(=O)[C@@H]1CC(=O)N(C2CCCC2)C1. The van der Waals surface area contributed by atoms with Crippen LogP contribution in [-0.2, 0) is 16.1 Å². The summed E-state index contributed by atoms with van der Waals surface area (Å²) in [6.07, 6.45) is 8.89. The molecule has 1 aromatic rings. The number of rotatable bonds is 5. The van der Waals surface area contributed by atoms with Gasteiger partial charge in [0.2, 0.25) is 11.8 Å². The first-order valence-corrected chi connectivity index (χ1v) is 11.0. The Labute approximate surface area is 168 Å². The second kappa shape index (κ2) is 8.54. The standard InChI is InChI=1S/C23H33N3O2/c1-24(16-18-9-11-20(12-10-18)25-13-5-2-6-14-25)23(28)19-15-22(27)26(17-19)21-7-3-4-8-21/h9-12,19,21H,2-8,13-17H2,1H3/t19-/m1/s1. The fourth-order valence-electron chi connectivity index (χ4n) is 5.09. The minimum Gasteiger partial charge on any atom is -0.372 e. The van der Waals surface area contributed by atoms with Crippen molar-refractivity contribution >= 4 is 17.5 Å². The second-order valence-electron chi connectivity index (χ2n) is 8.79. The first-order chi connectivity index (χ1) is 13.6. The van der Waals surface area contributed by atoms with Gasteiger partial charge in [0.1, 0.15) is 0 Å². The van der Waals surface area contributed by atoms with Crippen LogP contribution in [0.3, 0.4) is 0 Å². The molecule has 2 saturated heterocycles. The van der Waals surface area contributed by atoms with Crippen LogP contribution in [0.5, 0.6) is 0 Å². The number of amides is 2. The predicted molar refractivity (Wildman–Crippen MR) is 111 cm³/mol. The molecule has 2 amide bonds. The van der Waals surface area contributed by atoms with Crippen LogP contribution in [0.15, 0.2) is 24.3 Å². The monoisotopic (exact) mass is 383 g/mol. The molecule has 5 heteroatoms.